The Morgan fingerprint density at radius 2 is 2.10 bits per heavy atom. The summed E-state index contributed by atoms with van der Waals surface area (Å²) < 4.78 is 27.2. The number of hydrogen-bond donors (Lipinski definition) is 0. The first-order valence-electron chi connectivity index (χ1n) is 5.90. The van der Waals surface area contributed by atoms with Crippen LogP contribution in [0, 0.1) is 15.9 Å². The van der Waals surface area contributed by atoms with Gasteiger partial charge in [0.15, 0.2) is 4.90 Å². The minimum atomic E-state index is -1.65. The Hall–Kier alpha value is -1.83. The maximum absolute atomic E-state index is 13.4. The van der Waals surface area contributed by atoms with Crippen LogP contribution in [0.2, 0.25) is 5.02 Å². The third-order valence-electron chi connectivity index (χ3n) is 3.17. The molecule has 0 N–H and O–H groups in total. The van der Waals surface area contributed by atoms with Crippen molar-refractivity contribution in [2.75, 3.05) is 4.31 Å². The molecule has 8 heteroatoms. The number of halogens is 2. The normalized spacial score (nSPS) is 16.9. The van der Waals surface area contributed by atoms with E-state index in [0.717, 1.165) is 6.07 Å². The van der Waals surface area contributed by atoms with Gasteiger partial charge < -0.3 is 4.55 Å². The molecule has 1 aliphatic rings. The standard InChI is InChI=1S/C13H8ClFN2O3S/c14-10-5-4-8(15)6-12(10)16-7-9-11(17(18)19)2-1-3-13(9)21(16)20/h1-6H,7H2. The number of nitro groups is 1. The van der Waals surface area contributed by atoms with Gasteiger partial charge in [-0.1, -0.05) is 17.7 Å². The second kappa shape index (κ2) is 5.18. The Balaban J connectivity index is 2.08. The molecule has 0 amide bonds. The lowest BCUT2D eigenvalue weighted by molar-refractivity contribution is -0.385. The van der Waals surface area contributed by atoms with Crippen LogP contribution in [0.1, 0.15) is 5.56 Å². The predicted molar refractivity (Wildman–Crippen MR) is 77.1 cm³/mol. The number of anilines is 1. The van der Waals surface area contributed by atoms with Crippen LogP contribution in [0.25, 0.3) is 0 Å². The number of nitro benzene ring substituents is 1. The average Bonchev–Trinajstić information content (AvgIpc) is 2.79. The summed E-state index contributed by atoms with van der Waals surface area (Å²) in [5.74, 6) is -0.517. The molecule has 108 valence electrons. The van der Waals surface area contributed by atoms with Crippen molar-refractivity contribution in [1.82, 2.24) is 0 Å². The van der Waals surface area contributed by atoms with E-state index < -0.39 is 22.1 Å². The zero-order valence-corrected chi connectivity index (χ0v) is 12.0. The highest BCUT2D eigenvalue weighted by Gasteiger charge is 2.40. The van der Waals surface area contributed by atoms with Gasteiger partial charge in [-0.3, -0.25) is 10.1 Å². The Morgan fingerprint density at radius 3 is 2.81 bits per heavy atom. The number of benzene rings is 2. The predicted octanol–water partition coefficient (Wildman–Crippen LogP) is 3.43. The van der Waals surface area contributed by atoms with Crippen molar-refractivity contribution in [1.29, 1.82) is 0 Å². The van der Waals surface area contributed by atoms with E-state index in [1.165, 1.54) is 28.6 Å². The van der Waals surface area contributed by atoms with E-state index in [-0.39, 0.29) is 22.9 Å². The highest BCUT2D eigenvalue weighted by molar-refractivity contribution is 7.93. The van der Waals surface area contributed by atoms with Crippen LogP contribution < -0.4 is 4.31 Å². The second-order valence-corrected chi connectivity index (χ2v) is 6.18. The maximum Gasteiger partial charge on any atom is 0.279 e. The maximum atomic E-state index is 13.4. The quantitative estimate of drug-likeness (QED) is 0.481. The number of hydrogen-bond acceptors (Lipinski definition) is 4. The number of nitrogens with zero attached hydrogens (tertiary/aromatic N) is 2. The van der Waals surface area contributed by atoms with Crippen molar-refractivity contribution in [2.45, 2.75) is 11.4 Å². The summed E-state index contributed by atoms with van der Waals surface area (Å²) >= 11 is 4.36. The van der Waals surface area contributed by atoms with Crippen LogP contribution >= 0.6 is 11.6 Å². The van der Waals surface area contributed by atoms with Gasteiger partial charge in [-0.15, -0.1) is 0 Å². The zero-order chi connectivity index (χ0) is 15.1. The summed E-state index contributed by atoms with van der Waals surface area (Å²) in [6.45, 7) is 0.0439. The Morgan fingerprint density at radius 1 is 1.33 bits per heavy atom. The fraction of sp³-hybridized carbons (Fsp3) is 0.0769. The molecule has 0 spiro atoms. The number of fused-ring (bicyclic) bond motifs is 1. The van der Waals surface area contributed by atoms with Gasteiger partial charge >= 0.3 is 0 Å². The lowest BCUT2D eigenvalue weighted by Gasteiger charge is -2.19. The third-order valence-corrected chi connectivity index (χ3v) is 4.98. The lowest BCUT2D eigenvalue weighted by atomic mass is 10.1. The zero-order valence-electron chi connectivity index (χ0n) is 10.5. The van der Waals surface area contributed by atoms with E-state index in [0.29, 0.717) is 10.5 Å². The van der Waals surface area contributed by atoms with Gasteiger partial charge in [-0.25, -0.2) is 4.39 Å². The fourth-order valence-electron chi connectivity index (χ4n) is 2.22. The molecule has 21 heavy (non-hydrogen) atoms. The molecular formula is C13H8ClFN2O3S. The van der Waals surface area contributed by atoms with Crippen molar-refractivity contribution < 1.29 is 13.9 Å². The van der Waals surface area contributed by atoms with E-state index in [1.54, 1.807) is 6.07 Å². The average molecular weight is 327 g/mol. The first-order chi connectivity index (χ1) is 9.99. The SMILES string of the molecule is O=[N+]([O-])c1cccc2c1CN(c1cc(F)ccc1Cl)[S+]2[O-]. The summed E-state index contributed by atoms with van der Waals surface area (Å²) in [7, 11) is 0. The molecule has 0 aliphatic carbocycles. The molecule has 0 bridgehead atoms. The first kappa shape index (κ1) is 14.1. The van der Waals surface area contributed by atoms with Gasteiger partial charge in [0, 0.05) is 12.1 Å². The summed E-state index contributed by atoms with van der Waals surface area (Å²) in [6, 6.07) is 8.11. The van der Waals surface area contributed by atoms with Crippen molar-refractivity contribution in [3.8, 4) is 0 Å². The van der Waals surface area contributed by atoms with Gasteiger partial charge in [0.2, 0.25) is 0 Å². The molecule has 3 rings (SSSR count). The molecule has 0 saturated carbocycles. The molecule has 0 aromatic heterocycles. The van der Waals surface area contributed by atoms with Crippen LogP contribution in [0.5, 0.6) is 0 Å². The summed E-state index contributed by atoms with van der Waals surface area (Å²) in [4.78, 5) is 10.9. The van der Waals surface area contributed by atoms with Crippen LogP contribution in [0.4, 0.5) is 15.8 Å². The molecule has 0 fully saturated rings. The smallest absolute Gasteiger partial charge is 0.279 e. The molecule has 1 aliphatic heterocycles. The van der Waals surface area contributed by atoms with Crippen molar-refractivity contribution in [3.63, 3.8) is 0 Å². The minimum absolute atomic E-state index is 0.0439. The largest absolute Gasteiger partial charge is 0.588 e. The topological polar surface area (TPSA) is 69.4 Å². The van der Waals surface area contributed by atoms with Crippen LogP contribution in [0.15, 0.2) is 41.3 Å². The molecule has 5 nitrogen and oxygen atoms in total. The highest BCUT2D eigenvalue weighted by Crippen LogP contribution is 2.41. The molecule has 1 heterocycles. The van der Waals surface area contributed by atoms with Crippen molar-refractivity contribution in [2.24, 2.45) is 0 Å². The molecular weight excluding hydrogens is 319 g/mol. The first-order valence-corrected chi connectivity index (χ1v) is 7.38. The van der Waals surface area contributed by atoms with Gasteiger partial charge in [-0.2, -0.15) is 4.31 Å². The Bertz CT molecular complexity index is 743. The van der Waals surface area contributed by atoms with Crippen molar-refractivity contribution >= 4 is 34.3 Å². The molecule has 1 atom stereocenters. The van der Waals surface area contributed by atoms with E-state index in [9.17, 15) is 19.1 Å². The van der Waals surface area contributed by atoms with Crippen molar-refractivity contribution in [3.05, 3.63) is 62.9 Å². The van der Waals surface area contributed by atoms with Crippen LogP contribution in [-0.2, 0) is 17.9 Å². The summed E-state index contributed by atoms with van der Waals surface area (Å²) in [6.07, 6.45) is 0. The molecule has 1 unspecified atom stereocenters. The summed E-state index contributed by atoms with van der Waals surface area (Å²) in [5.41, 5.74) is 0.512. The molecule has 2 aromatic rings. The van der Waals surface area contributed by atoms with Gasteiger partial charge in [-0.05, 0) is 18.2 Å². The van der Waals surface area contributed by atoms with Gasteiger partial charge in [0.05, 0.1) is 9.95 Å². The van der Waals surface area contributed by atoms with E-state index >= 15 is 0 Å². The second-order valence-electron chi connectivity index (χ2n) is 4.39. The van der Waals surface area contributed by atoms with E-state index in [2.05, 4.69) is 0 Å². The van der Waals surface area contributed by atoms with Gasteiger partial charge in [0.25, 0.3) is 5.69 Å². The Kier molecular flexibility index (Phi) is 3.48. The lowest BCUT2D eigenvalue weighted by Crippen LogP contribution is -2.24. The molecule has 2 aromatic carbocycles. The minimum Gasteiger partial charge on any atom is -0.588 e. The Labute approximate surface area is 127 Å². The monoisotopic (exact) mass is 326 g/mol. The fourth-order valence-corrected chi connectivity index (χ4v) is 3.88. The van der Waals surface area contributed by atoms with Crippen LogP contribution in [0.3, 0.4) is 0 Å². The summed E-state index contributed by atoms with van der Waals surface area (Å²) in [5, 5.41) is 11.3. The van der Waals surface area contributed by atoms with E-state index in [4.69, 9.17) is 11.6 Å². The highest BCUT2D eigenvalue weighted by atomic mass is 35.5. The molecule has 0 saturated heterocycles. The molecule has 0 radical (unpaired) electrons. The number of rotatable bonds is 2. The van der Waals surface area contributed by atoms with E-state index in [1.807, 2.05) is 0 Å². The third kappa shape index (κ3) is 2.33. The van der Waals surface area contributed by atoms with Gasteiger partial charge in [0.1, 0.15) is 35.0 Å². The van der Waals surface area contributed by atoms with Crippen LogP contribution in [-0.4, -0.2) is 9.48 Å².